The fourth-order valence-electron chi connectivity index (χ4n) is 1.15. The first-order chi connectivity index (χ1) is 6.29. The quantitative estimate of drug-likeness (QED) is 0.751. The summed E-state index contributed by atoms with van der Waals surface area (Å²) in [6, 6.07) is 7.76. The van der Waals surface area contributed by atoms with E-state index in [2.05, 4.69) is 15.9 Å². The molecule has 1 rings (SSSR count). The monoisotopic (exact) mass is 262 g/mol. The van der Waals surface area contributed by atoms with Gasteiger partial charge in [-0.1, -0.05) is 45.7 Å². The Morgan fingerprint density at radius 3 is 2.69 bits per heavy atom. The molecule has 1 nitrogen and oxygen atoms in total. The van der Waals surface area contributed by atoms with Crippen molar-refractivity contribution in [2.45, 2.75) is 13.0 Å². The number of hydrogen-bond donors (Lipinski definition) is 0. The van der Waals surface area contributed by atoms with E-state index in [0.29, 0.717) is 6.61 Å². The summed E-state index contributed by atoms with van der Waals surface area (Å²) < 4.78 is 5.53. The molecular weight excluding hydrogens is 251 g/mol. The Labute approximate surface area is 92.2 Å². The summed E-state index contributed by atoms with van der Waals surface area (Å²) in [6.07, 6.45) is 0.0544. The van der Waals surface area contributed by atoms with E-state index < -0.39 is 0 Å². The molecule has 1 unspecified atom stereocenters. The number of benzene rings is 1. The van der Waals surface area contributed by atoms with Gasteiger partial charge in [0.15, 0.2) is 0 Å². The fourth-order valence-corrected chi connectivity index (χ4v) is 1.95. The van der Waals surface area contributed by atoms with Crippen LogP contribution in [0.25, 0.3) is 0 Å². The minimum atomic E-state index is 0.0544. The van der Waals surface area contributed by atoms with E-state index in [1.807, 2.05) is 31.2 Å². The highest BCUT2D eigenvalue weighted by Crippen LogP contribution is 2.26. The van der Waals surface area contributed by atoms with Crippen LogP contribution in [0.1, 0.15) is 18.6 Å². The molecule has 0 fully saturated rings. The molecule has 0 saturated heterocycles. The molecule has 72 valence electrons. The van der Waals surface area contributed by atoms with Gasteiger partial charge in [-0.15, -0.1) is 0 Å². The average molecular weight is 264 g/mol. The minimum absolute atomic E-state index is 0.0544. The smallest absolute Gasteiger partial charge is 0.0935 e. The van der Waals surface area contributed by atoms with Crippen molar-refractivity contribution in [2.24, 2.45) is 0 Å². The van der Waals surface area contributed by atoms with Gasteiger partial charge in [0.05, 0.1) is 6.10 Å². The maximum Gasteiger partial charge on any atom is 0.0935 e. The van der Waals surface area contributed by atoms with Crippen molar-refractivity contribution in [3.63, 3.8) is 0 Å². The summed E-state index contributed by atoms with van der Waals surface area (Å²) in [7, 11) is 0. The van der Waals surface area contributed by atoms with Crippen LogP contribution in [0.4, 0.5) is 0 Å². The second-order valence-corrected chi connectivity index (χ2v) is 3.67. The van der Waals surface area contributed by atoms with Crippen molar-refractivity contribution >= 4 is 27.5 Å². The van der Waals surface area contributed by atoms with E-state index in [0.717, 1.165) is 15.9 Å². The average Bonchev–Trinajstić information content (AvgIpc) is 2.16. The Bertz CT molecular complexity index is 265. The van der Waals surface area contributed by atoms with Gasteiger partial charge in [0, 0.05) is 22.5 Å². The molecule has 1 aromatic carbocycles. The molecule has 0 amide bonds. The standard InChI is InChI=1S/C10H12BrClO/c1-2-13-10(7-11)8-5-3-4-6-9(8)12/h3-6,10H,2,7H2,1H3. The van der Waals surface area contributed by atoms with Gasteiger partial charge in [-0.3, -0.25) is 0 Å². The van der Waals surface area contributed by atoms with Crippen LogP contribution in [0.2, 0.25) is 5.02 Å². The van der Waals surface area contributed by atoms with E-state index >= 15 is 0 Å². The molecule has 0 aliphatic carbocycles. The minimum Gasteiger partial charge on any atom is -0.373 e. The Morgan fingerprint density at radius 2 is 2.15 bits per heavy atom. The zero-order valence-corrected chi connectivity index (χ0v) is 9.81. The summed E-state index contributed by atoms with van der Waals surface area (Å²) in [4.78, 5) is 0. The Balaban J connectivity index is 2.84. The van der Waals surface area contributed by atoms with Crippen molar-refractivity contribution in [3.8, 4) is 0 Å². The topological polar surface area (TPSA) is 9.23 Å². The van der Waals surface area contributed by atoms with Crippen LogP contribution in [0, 0.1) is 0 Å². The van der Waals surface area contributed by atoms with E-state index in [4.69, 9.17) is 16.3 Å². The van der Waals surface area contributed by atoms with Crippen molar-refractivity contribution in [1.82, 2.24) is 0 Å². The third-order valence-electron chi connectivity index (χ3n) is 1.76. The van der Waals surface area contributed by atoms with E-state index in [9.17, 15) is 0 Å². The van der Waals surface area contributed by atoms with Crippen LogP contribution < -0.4 is 0 Å². The molecule has 0 saturated carbocycles. The number of ether oxygens (including phenoxy) is 1. The van der Waals surface area contributed by atoms with E-state index in [1.54, 1.807) is 0 Å². The lowest BCUT2D eigenvalue weighted by molar-refractivity contribution is 0.0807. The molecule has 13 heavy (non-hydrogen) atoms. The molecule has 0 aliphatic rings. The molecule has 0 aliphatic heterocycles. The van der Waals surface area contributed by atoms with Gasteiger partial charge < -0.3 is 4.74 Å². The predicted octanol–water partition coefficient (Wildman–Crippen LogP) is 3.81. The maximum absolute atomic E-state index is 6.03. The number of alkyl halides is 1. The van der Waals surface area contributed by atoms with Crippen LogP contribution in [0.15, 0.2) is 24.3 Å². The second kappa shape index (κ2) is 5.63. The highest BCUT2D eigenvalue weighted by molar-refractivity contribution is 9.09. The first-order valence-electron chi connectivity index (χ1n) is 4.21. The highest BCUT2D eigenvalue weighted by atomic mass is 79.9. The summed E-state index contributed by atoms with van der Waals surface area (Å²) in [5, 5.41) is 1.53. The molecule has 1 aromatic rings. The Morgan fingerprint density at radius 1 is 1.46 bits per heavy atom. The molecule has 3 heteroatoms. The Kier molecular flexibility index (Phi) is 4.78. The third kappa shape index (κ3) is 2.97. The number of hydrogen-bond acceptors (Lipinski definition) is 1. The first-order valence-corrected chi connectivity index (χ1v) is 5.71. The van der Waals surface area contributed by atoms with Crippen LogP contribution in [-0.4, -0.2) is 11.9 Å². The summed E-state index contributed by atoms with van der Waals surface area (Å²) in [5.41, 5.74) is 1.04. The molecule has 0 heterocycles. The number of halogens is 2. The summed E-state index contributed by atoms with van der Waals surface area (Å²) in [5.74, 6) is 0. The molecule has 0 aromatic heterocycles. The SMILES string of the molecule is CCOC(CBr)c1ccccc1Cl. The molecule has 0 spiro atoms. The lowest BCUT2D eigenvalue weighted by atomic mass is 10.1. The third-order valence-corrected chi connectivity index (χ3v) is 2.69. The zero-order chi connectivity index (χ0) is 9.68. The van der Waals surface area contributed by atoms with Crippen LogP contribution in [0.3, 0.4) is 0 Å². The molecule has 0 bridgehead atoms. The van der Waals surface area contributed by atoms with Crippen molar-refractivity contribution < 1.29 is 4.74 Å². The van der Waals surface area contributed by atoms with Gasteiger partial charge in [0.1, 0.15) is 0 Å². The summed E-state index contributed by atoms with van der Waals surface area (Å²) in [6.45, 7) is 2.67. The lowest BCUT2D eigenvalue weighted by Crippen LogP contribution is -2.05. The zero-order valence-electron chi connectivity index (χ0n) is 7.47. The Hall–Kier alpha value is -0.0500. The molecule has 0 radical (unpaired) electrons. The normalized spacial score (nSPS) is 12.8. The maximum atomic E-state index is 6.03. The van der Waals surface area contributed by atoms with Gasteiger partial charge in [0.2, 0.25) is 0 Å². The fraction of sp³-hybridized carbons (Fsp3) is 0.400. The van der Waals surface area contributed by atoms with Crippen molar-refractivity contribution in [2.75, 3.05) is 11.9 Å². The second-order valence-electron chi connectivity index (χ2n) is 2.62. The van der Waals surface area contributed by atoms with Gasteiger partial charge in [0.25, 0.3) is 0 Å². The van der Waals surface area contributed by atoms with E-state index in [1.165, 1.54) is 0 Å². The van der Waals surface area contributed by atoms with Crippen LogP contribution in [0.5, 0.6) is 0 Å². The van der Waals surface area contributed by atoms with Crippen molar-refractivity contribution in [1.29, 1.82) is 0 Å². The molecular formula is C10H12BrClO. The van der Waals surface area contributed by atoms with Crippen molar-refractivity contribution in [3.05, 3.63) is 34.9 Å². The molecule has 1 atom stereocenters. The lowest BCUT2D eigenvalue weighted by Gasteiger charge is -2.15. The molecule has 0 N–H and O–H groups in total. The van der Waals surface area contributed by atoms with Gasteiger partial charge in [-0.25, -0.2) is 0 Å². The van der Waals surface area contributed by atoms with Crippen LogP contribution >= 0.6 is 27.5 Å². The summed E-state index contributed by atoms with van der Waals surface area (Å²) >= 11 is 9.44. The van der Waals surface area contributed by atoms with Gasteiger partial charge in [-0.2, -0.15) is 0 Å². The number of rotatable bonds is 4. The largest absolute Gasteiger partial charge is 0.373 e. The highest BCUT2D eigenvalue weighted by Gasteiger charge is 2.12. The van der Waals surface area contributed by atoms with Crippen LogP contribution in [-0.2, 0) is 4.74 Å². The van der Waals surface area contributed by atoms with Gasteiger partial charge in [-0.05, 0) is 13.0 Å². The van der Waals surface area contributed by atoms with E-state index in [-0.39, 0.29) is 6.10 Å². The van der Waals surface area contributed by atoms with Gasteiger partial charge >= 0.3 is 0 Å². The first kappa shape index (κ1) is 11.0. The predicted molar refractivity (Wildman–Crippen MR) is 59.6 cm³/mol.